The van der Waals surface area contributed by atoms with Crippen molar-refractivity contribution in [1.82, 2.24) is 15.1 Å². The van der Waals surface area contributed by atoms with E-state index in [0.29, 0.717) is 0 Å². The number of methoxy groups -OCH3 is 1. The molecule has 0 radical (unpaired) electrons. The second-order valence-electron chi connectivity index (χ2n) is 5.00. The van der Waals surface area contributed by atoms with Crippen LogP contribution in [0, 0.1) is 6.92 Å². The average molecular weight is 273 g/mol. The number of hydrogen-bond donors (Lipinski definition) is 1. The fraction of sp³-hybridized carbons (Fsp3) is 0.438. The predicted molar refractivity (Wildman–Crippen MR) is 81.2 cm³/mol. The lowest BCUT2D eigenvalue weighted by atomic mass is 9.99. The molecule has 0 saturated carbocycles. The summed E-state index contributed by atoms with van der Waals surface area (Å²) in [6.45, 7) is 5.17. The monoisotopic (exact) mass is 273 g/mol. The molecule has 1 unspecified atom stereocenters. The summed E-state index contributed by atoms with van der Waals surface area (Å²) in [4.78, 5) is 0. The molecule has 0 fully saturated rings. The fourth-order valence-electron chi connectivity index (χ4n) is 2.44. The van der Waals surface area contributed by atoms with Gasteiger partial charge in [-0.15, -0.1) is 0 Å². The normalized spacial score (nSPS) is 12.4. The van der Waals surface area contributed by atoms with Gasteiger partial charge in [-0.3, -0.25) is 4.68 Å². The molecule has 1 aromatic carbocycles. The minimum absolute atomic E-state index is 0.0937. The van der Waals surface area contributed by atoms with Crippen molar-refractivity contribution in [3.63, 3.8) is 0 Å². The van der Waals surface area contributed by atoms with Crippen molar-refractivity contribution in [3.05, 3.63) is 47.3 Å². The predicted octanol–water partition coefficient (Wildman–Crippen LogP) is 2.92. The summed E-state index contributed by atoms with van der Waals surface area (Å²) in [6.07, 6.45) is 5.11. The van der Waals surface area contributed by atoms with Gasteiger partial charge in [0.05, 0.1) is 19.3 Å². The van der Waals surface area contributed by atoms with Crippen LogP contribution >= 0.6 is 0 Å². The van der Waals surface area contributed by atoms with Crippen LogP contribution < -0.4 is 10.1 Å². The molecule has 4 nitrogen and oxygen atoms in total. The molecule has 0 aliphatic heterocycles. The van der Waals surface area contributed by atoms with E-state index in [1.165, 1.54) is 5.56 Å². The van der Waals surface area contributed by atoms with Gasteiger partial charge in [0.2, 0.25) is 0 Å². The van der Waals surface area contributed by atoms with Crippen molar-refractivity contribution in [2.75, 3.05) is 14.2 Å². The van der Waals surface area contributed by atoms with Crippen LogP contribution in [-0.4, -0.2) is 23.9 Å². The first-order chi connectivity index (χ1) is 9.69. The zero-order chi connectivity index (χ0) is 14.5. The number of benzene rings is 1. The molecule has 0 bridgehead atoms. The second kappa shape index (κ2) is 6.57. The van der Waals surface area contributed by atoms with Gasteiger partial charge < -0.3 is 10.1 Å². The number of nitrogens with one attached hydrogen (secondary N) is 1. The second-order valence-corrected chi connectivity index (χ2v) is 5.00. The Hall–Kier alpha value is -1.81. The topological polar surface area (TPSA) is 39.1 Å². The molecule has 20 heavy (non-hydrogen) atoms. The molecular weight excluding hydrogens is 250 g/mol. The van der Waals surface area contributed by atoms with Crippen LogP contribution in [0.25, 0.3) is 0 Å². The molecule has 0 aliphatic rings. The van der Waals surface area contributed by atoms with Crippen molar-refractivity contribution < 1.29 is 4.74 Å². The maximum Gasteiger partial charge on any atom is 0.124 e. The highest BCUT2D eigenvalue weighted by Crippen LogP contribution is 2.30. The highest BCUT2D eigenvalue weighted by Gasteiger charge is 2.18. The van der Waals surface area contributed by atoms with Gasteiger partial charge >= 0.3 is 0 Å². The first kappa shape index (κ1) is 14.6. The highest BCUT2D eigenvalue weighted by molar-refractivity contribution is 5.43. The van der Waals surface area contributed by atoms with E-state index in [1.54, 1.807) is 7.11 Å². The Kier molecular flexibility index (Phi) is 4.79. The van der Waals surface area contributed by atoms with Crippen molar-refractivity contribution in [1.29, 1.82) is 0 Å². The summed E-state index contributed by atoms with van der Waals surface area (Å²) >= 11 is 0. The minimum Gasteiger partial charge on any atom is -0.496 e. The zero-order valence-corrected chi connectivity index (χ0v) is 12.7. The molecule has 0 aliphatic carbocycles. The van der Waals surface area contributed by atoms with Crippen molar-refractivity contribution in [3.8, 4) is 5.75 Å². The molecule has 4 heteroatoms. The summed E-state index contributed by atoms with van der Waals surface area (Å²) in [5.74, 6) is 0.910. The number of aromatic nitrogens is 2. The van der Waals surface area contributed by atoms with Crippen LogP contribution in [0.5, 0.6) is 5.75 Å². The molecular formula is C16H23N3O. The van der Waals surface area contributed by atoms with Gasteiger partial charge in [-0.25, -0.2) is 0 Å². The Balaban J connectivity index is 2.35. The first-order valence-electron chi connectivity index (χ1n) is 7.03. The SMILES string of the molecule is CCCn1cc(C(NC)c2ccc(C)cc2OC)cn1. The third kappa shape index (κ3) is 3.02. The summed E-state index contributed by atoms with van der Waals surface area (Å²) < 4.78 is 7.50. The molecule has 1 atom stereocenters. The van der Waals surface area contributed by atoms with Gasteiger partial charge in [0, 0.05) is 23.9 Å². The third-order valence-corrected chi connectivity index (χ3v) is 3.43. The summed E-state index contributed by atoms with van der Waals surface area (Å²) in [6, 6.07) is 6.39. The molecule has 108 valence electrons. The molecule has 0 spiro atoms. The molecule has 2 aromatic rings. The molecule has 0 amide bonds. The minimum atomic E-state index is 0.0937. The molecule has 1 heterocycles. The smallest absolute Gasteiger partial charge is 0.124 e. The van der Waals surface area contributed by atoms with Gasteiger partial charge in [0.25, 0.3) is 0 Å². The van der Waals surface area contributed by atoms with E-state index in [-0.39, 0.29) is 6.04 Å². The average Bonchev–Trinajstić information content (AvgIpc) is 2.90. The van der Waals surface area contributed by atoms with Crippen LogP contribution in [0.2, 0.25) is 0 Å². The van der Waals surface area contributed by atoms with Crippen LogP contribution in [0.15, 0.2) is 30.6 Å². The summed E-state index contributed by atoms with van der Waals surface area (Å²) in [7, 11) is 3.67. The van der Waals surface area contributed by atoms with Crippen molar-refractivity contribution in [2.24, 2.45) is 0 Å². The largest absolute Gasteiger partial charge is 0.496 e. The van der Waals surface area contributed by atoms with E-state index >= 15 is 0 Å². The Morgan fingerprint density at radius 1 is 1.40 bits per heavy atom. The Morgan fingerprint density at radius 2 is 2.20 bits per heavy atom. The van der Waals surface area contributed by atoms with E-state index in [4.69, 9.17) is 4.74 Å². The third-order valence-electron chi connectivity index (χ3n) is 3.43. The van der Waals surface area contributed by atoms with E-state index in [1.807, 2.05) is 17.9 Å². The number of aryl methyl sites for hydroxylation is 2. The Morgan fingerprint density at radius 3 is 2.85 bits per heavy atom. The molecule has 1 aromatic heterocycles. The van der Waals surface area contributed by atoms with Gasteiger partial charge in [0.15, 0.2) is 0 Å². The Labute approximate surface area is 120 Å². The lowest BCUT2D eigenvalue weighted by Crippen LogP contribution is -2.18. The van der Waals surface area contributed by atoms with Crippen LogP contribution in [0.3, 0.4) is 0 Å². The maximum atomic E-state index is 5.52. The van der Waals surface area contributed by atoms with Gasteiger partial charge in [-0.1, -0.05) is 19.1 Å². The van der Waals surface area contributed by atoms with Crippen molar-refractivity contribution >= 4 is 0 Å². The van der Waals surface area contributed by atoms with Crippen LogP contribution in [0.1, 0.15) is 36.1 Å². The molecule has 1 N–H and O–H groups in total. The molecule has 2 rings (SSSR count). The van der Waals surface area contributed by atoms with Crippen LogP contribution in [-0.2, 0) is 6.54 Å². The lowest BCUT2D eigenvalue weighted by molar-refractivity contribution is 0.405. The lowest BCUT2D eigenvalue weighted by Gasteiger charge is -2.18. The van der Waals surface area contributed by atoms with Gasteiger partial charge in [-0.2, -0.15) is 5.10 Å². The number of hydrogen-bond acceptors (Lipinski definition) is 3. The molecule has 0 saturated heterocycles. The Bertz CT molecular complexity index is 563. The highest BCUT2D eigenvalue weighted by atomic mass is 16.5. The van der Waals surface area contributed by atoms with E-state index < -0.39 is 0 Å². The first-order valence-corrected chi connectivity index (χ1v) is 7.03. The quantitative estimate of drug-likeness (QED) is 0.879. The van der Waals surface area contributed by atoms with Gasteiger partial charge in [-0.05, 0) is 32.0 Å². The number of nitrogens with zero attached hydrogens (tertiary/aromatic N) is 2. The summed E-state index contributed by atoms with van der Waals surface area (Å²) in [5.41, 5.74) is 3.49. The number of rotatable bonds is 6. The zero-order valence-electron chi connectivity index (χ0n) is 12.7. The van der Waals surface area contributed by atoms with E-state index in [0.717, 1.165) is 29.8 Å². The fourth-order valence-corrected chi connectivity index (χ4v) is 2.44. The van der Waals surface area contributed by atoms with E-state index in [9.17, 15) is 0 Å². The number of ether oxygens (including phenoxy) is 1. The van der Waals surface area contributed by atoms with Crippen LogP contribution in [0.4, 0.5) is 0 Å². The standard InChI is InChI=1S/C16H23N3O/c1-5-8-19-11-13(10-18-19)16(17-3)14-7-6-12(2)9-15(14)20-4/h6-7,9-11,16-17H,5,8H2,1-4H3. The van der Waals surface area contributed by atoms with Crippen molar-refractivity contribution in [2.45, 2.75) is 32.9 Å². The summed E-state index contributed by atoms with van der Waals surface area (Å²) in [5, 5.41) is 7.76. The van der Waals surface area contributed by atoms with Gasteiger partial charge in [0.1, 0.15) is 5.75 Å². The maximum absolute atomic E-state index is 5.52. The van der Waals surface area contributed by atoms with E-state index in [2.05, 4.69) is 48.7 Å².